The molecule has 0 fully saturated rings. The normalized spacial score (nSPS) is 10.3. The average Bonchev–Trinajstić information content (AvgIpc) is 2.49. The van der Waals surface area contributed by atoms with Crippen LogP contribution in [0.4, 0.5) is 0 Å². The maximum absolute atomic E-state index is 4.27. The molecule has 5 heteroatoms. The molecule has 2 rings (SSSR count). The molecule has 0 aliphatic rings. The van der Waals surface area contributed by atoms with Crippen LogP contribution in [0.1, 0.15) is 5.69 Å². The fourth-order valence-corrected chi connectivity index (χ4v) is 1.25. The van der Waals surface area contributed by atoms with Crippen molar-refractivity contribution < 1.29 is 0 Å². The Bertz CT molecular complexity index is 390. The highest BCUT2D eigenvalue weighted by molar-refractivity contribution is 9.10. The van der Waals surface area contributed by atoms with Gasteiger partial charge in [0.15, 0.2) is 0 Å². The van der Waals surface area contributed by atoms with Crippen LogP contribution < -0.4 is 0 Å². The van der Waals surface area contributed by atoms with Crippen molar-refractivity contribution in [2.24, 2.45) is 0 Å². The molecule has 2 aromatic heterocycles. The Balaban J connectivity index is 2.48. The molecular weight excluding hydrogens is 232 g/mol. The van der Waals surface area contributed by atoms with Crippen LogP contribution in [-0.4, -0.2) is 19.7 Å². The van der Waals surface area contributed by atoms with Gasteiger partial charge in [-0.05, 0) is 22.9 Å². The zero-order valence-electron chi connectivity index (χ0n) is 6.98. The van der Waals surface area contributed by atoms with Crippen LogP contribution in [0.25, 0.3) is 5.69 Å². The summed E-state index contributed by atoms with van der Waals surface area (Å²) in [6, 6.07) is 0. The van der Waals surface area contributed by atoms with Gasteiger partial charge in [0.25, 0.3) is 0 Å². The van der Waals surface area contributed by atoms with Crippen molar-refractivity contribution in [2.75, 3.05) is 0 Å². The lowest BCUT2D eigenvalue weighted by Crippen LogP contribution is -1.95. The standard InChI is InChI=1S/C8H7BrN4/c1-6-8(9)4-13(12-6)7-2-10-5-11-3-7/h2-5H,1H3. The van der Waals surface area contributed by atoms with E-state index in [2.05, 4.69) is 31.0 Å². The first kappa shape index (κ1) is 8.37. The second-order valence-corrected chi connectivity index (χ2v) is 3.46. The van der Waals surface area contributed by atoms with Gasteiger partial charge in [-0.2, -0.15) is 5.10 Å². The lowest BCUT2D eigenvalue weighted by atomic mass is 10.5. The molecule has 66 valence electrons. The Kier molecular flexibility index (Phi) is 2.10. The number of hydrogen-bond donors (Lipinski definition) is 0. The Morgan fingerprint density at radius 1 is 1.31 bits per heavy atom. The summed E-state index contributed by atoms with van der Waals surface area (Å²) < 4.78 is 2.72. The monoisotopic (exact) mass is 238 g/mol. The highest BCUT2D eigenvalue weighted by Gasteiger charge is 2.02. The van der Waals surface area contributed by atoms with Gasteiger partial charge in [0.1, 0.15) is 12.0 Å². The van der Waals surface area contributed by atoms with Gasteiger partial charge in [0.05, 0.1) is 22.6 Å². The van der Waals surface area contributed by atoms with Crippen LogP contribution in [-0.2, 0) is 0 Å². The van der Waals surface area contributed by atoms with Crippen LogP contribution >= 0.6 is 15.9 Å². The summed E-state index contributed by atoms with van der Waals surface area (Å²) in [7, 11) is 0. The number of rotatable bonds is 1. The van der Waals surface area contributed by atoms with Crippen LogP contribution in [0.3, 0.4) is 0 Å². The topological polar surface area (TPSA) is 43.6 Å². The van der Waals surface area contributed by atoms with E-state index in [1.165, 1.54) is 6.33 Å². The van der Waals surface area contributed by atoms with Gasteiger partial charge >= 0.3 is 0 Å². The van der Waals surface area contributed by atoms with Gasteiger partial charge in [0.2, 0.25) is 0 Å². The molecule has 13 heavy (non-hydrogen) atoms. The van der Waals surface area contributed by atoms with Crippen molar-refractivity contribution in [1.82, 2.24) is 19.7 Å². The molecule has 0 aliphatic heterocycles. The van der Waals surface area contributed by atoms with Gasteiger partial charge in [-0.1, -0.05) is 0 Å². The van der Waals surface area contributed by atoms with E-state index in [1.54, 1.807) is 17.1 Å². The number of aryl methyl sites for hydroxylation is 1. The second kappa shape index (κ2) is 3.26. The summed E-state index contributed by atoms with van der Waals surface area (Å²) >= 11 is 3.39. The summed E-state index contributed by atoms with van der Waals surface area (Å²) in [6.45, 7) is 1.93. The molecule has 0 saturated heterocycles. The van der Waals surface area contributed by atoms with E-state index in [0.29, 0.717) is 0 Å². The molecule has 0 aromatic carbocycles. The SMILES string of the molecule is Cc1nn(-c2cncnc2)cc1Br. The molecule has 4 nitrogen and oxygen atoms in total. The zero-order chi connectivity index (χ0) is 9.26. The molecule has 0 N–H and O–H groups in total. The van der Waals surface area contributed by atoms with Gasteiger partial charge in [-0.15, -0.1) is 0 Å². The second-order valence-electron chi connectivity index (χ2n) is 2.60. The minimum absolute atomic E-state index is 0.858. The Labute approximate surface area is 83.8 Å². The molecular formula is C8H7BrN4. The predicted molar refractivity (Wildman–Crippen MR) is 51.6 cm³/mol. The first-order valence-corrected chi connectivity index (χ1v) is 4.54. The Morgan fingerprint density at radius 3 is 2.54 bits per heavy atom. The van der Waals surface area contributed by atoms with Crippen LogP contribution in [0.5, 0.6) is 0 Å². The maximum atomic E-state index is 4.27. The van der Waals surface area contributed by atoms with Crippen molar-refractivity contribution in [3.05, 3.63) is 35.1 Å². The van der Waals surface area contributed by atoms with E-state index in [0.717, 1.165) is 15.9 Å². The quantitative estimate of drug-likeness (QED) is 0.761. The third-order valence-corrected chi connectivity index (χ3v) is 2.43. The van der Waals surface area contributed by atoms with Crippen molar-refractivity contribution in [3.8, 4) is 5.69 Å². The summed E-state index contributed by atoms with van der Waals surface area (Å²) in [6.07, 6.45) is 6.81. The minimum Gasteiger partial charge on any atom is -0.243 e. The number of hydrogen-bond acceptors (Lipinski definition) is 3. The number of halogens is 1. The molecule has 0 bridgehead atoms. The van der Waals surface area contributed by atoms with Crippen LogP contribution in [0.15, 0.2) is 29.4 Å². The molecule has 0 atom stereocenters. The molecule has 0 amide bonds. The van der Waals surface area contributed by atoms with Gasteiger partial charge in [-0.3, -0.25) is 0 Å². The van der Waals surface area contributed by atoms with Gasteiger partial charge in [-0.25, -0.2) is 14.6 Å². The summed E-state index contributed by atoms with van der Waals surface area (Å²) in [5.74, 6) is 0. The van der Waals surface area contributed by atoms with E-state index in [-0.39, 0.29) is 0 Å². The lowest BCUT2D eigenvalue weighted by Gasteiger charge is -1.96. The highest BCUT2D eigenvalue weighted by Crippen LogP contribution is 2.15. The van der Waals surface area contributed by atoms with E-state index in [4.69, 9.17) is 0 Å². The third kappa shape index (κ3) is 1.60. The zero-order valence-corrected chi connectivity index (χ0v) is 8.56. The molecule has 0 aliphatic carbocycles. The molecule has 0 saturated carbocycles. The Morgan fingerprint density at radius 2 is 2.00 bits per heavy atom. The molecule has 2 heterocycles. The molecule has 2 aromatic rings. The number of aromatic nitrogens is 4. The molecule has 0 unspecified atom stereocenters. The van der Waals surface area contributed by atoms with E-state index >= 15 is 0 Å². The van der Waals surface area contributed by atoms with E-state index in [9.17, 15) is 0 Å². The lowest BCUT2D eigenvalue weighted by molar-refractivity contribution is 0.848. The fraction of sp³-hybridized carbons (Fsp3) is 0.125. The Hall–Kier alpha value is -1.23. The fourth-order valence-electron chi connectivity index (χ4n) is 0.981. The maximum Gasteiger partial charge on any atom is 0.115 e. The van der Waals surface area contributed by atoms with Crippen molar-refractivity contribution in [3.63, 3.8) is 0 Å². The van der Waals surface area contributed by atoms with Crippen LogP contribution in [0, 0.1) is 6.92 Å². The largest absolute Gasteiger partial charge is 0.243 e. The number of nitrogens with zero attached hydrogens (tertiary/aromatic N) is 4. The first-order chi connectivity index (χ1) is 6.27. The highest BCUT2D eigenvalue weighted by atomic mass is 79.9. The van der Waals surface area contributed by atoms with E-state index < -0.39 is 0 Å². The van der Waals surface area contributed by atoms with Crippen molar-refractivity contribution in [1.29, 1.82) is 0 Å². The van der Waals surface area contributed by atoms with Crippen molar-refractivity contribution >= 4 is 15.9 Å². The first-order valence-electron chi connectivity index (χ1n) is 3.74. The predicted octanol–water partition coefficient (Wildman–Crippen LogP) is 1.73. The van der Waals surface area contributed by atoms with Gasteiger partial charge in [0, 0.05) is 6.20 Å². The molecule has 0 spiro atoms. The van der Waals surface area contributed by atoms with Crippen molar-refractivity contribution in [2.45, 2.75) is 6.92 Å². The van der Waals surface area contributed by atoms with Crippen LogP contribution in [0.2, 0.25) is 0 Å². The summed E-state index contributed by atoms with van der Waals surface area (Å²) in [5, 5.41) is 4.27. The summed E-state index contributed by atoms with van der Waals surface area (Å²) in [4.78, 5) is 7.83. The summed E-state index contributed by atoms with van der Waals surface area (Å²) in [5.41, 5.74) is 1.81. The minimum atomic E-state index is 0.858. The smallest absolute Gasteiger partial charge is 0.115 e. The third-order valence-electron chi connectivity index (χ3n) is 1.65. The van der Waals surface area contributed by atoms with Gasteiger partial charge < -0.3 is 0 Å². The van der Waals surface area contributed by atoms with E-state index in [1.807, 2.05) is 13.1 Å². The molecule has 0 radical (unpaired) electrons. The average molecular weight is 239 g/mol.